The van der Waals surface area contributed by atoms with Crippen LogP contribution in [0.5, 0.6) is 0 Å². The number of para-hydroxylation sites is 1. The van der Waals surface area contributed by atoms with Gasteiger partial charge in [-0.1, -0.05) is 18.2 Å². The average Bonchev–Trinajstić information content (AvgIpc) is 2.98. The molecule has 2 amide bonds. The Bertz CT molecular complexity index is 708. The van der Waals surface area contributed by atoms with Crippen molar-refractivity contribution in [3.63, 3.8) is 0 Å². The third kappa shape index (κ3) is 2.72. The van der Waals surface area contributed by atoms with Crippen LogP contribution in [0, 0.1) is 6.92 Å². The molecule has 22 heavy (non-hydrogen) atoms. The van der Waals surface area contributed by atoms with Crippen molar-refractivity contribution >= 4 is 17.5 Å². The number of anilines is 1. The molecule has 0 radical (unpaired) electrons. The predicted molar refractivity (Wildman–Crippen MR) is 82.8 cm³/mol. The number of amides is 2. The molecule has 114 valence electrons. The first-order chi connectivity index (χ1) is 10.7. The maximum atomic E-state index is 12.4. The third-order valence-electron chi connectivity index (χ3n) is 3.89. The number of aromatic nitrogens is 2. The lowest BCUT2D eigenvalue weighted by atomic mass is 10.0. The van der Waals surface area contributed by atoms with E-state index in [0.717, 1.165) is 18.5 Å². The standard InChI is InChI=1S/C16H18N4O2/c1-11-13(9-18-19-11)16(22)17-10-15(21)20-8-4-6-12-5-2-3-7-14(12)20/h2-3,5,7,9H,4,6,8,10H2,1H3,(H,17,22)(H,18,19). The summed E-state index contributed by atoms with van der Waals surface area (Å²) in [7, 11) is 0. The molecule has 1 aromatic carbocycles. The van der Waals surface area contributed by atoms with Crippen LogP contribution in [0.15, 0.2) is 30.5 Å². The summed E-state index contributed by atoms with van der Waals surface area (Å²) in [6.45, 7) is 2.44. The molecular weight excluding hydrogens is 280 g/mol. The van der Waals surface area contributed by atoms with E-state index >= 15 is 0 Å². The number of carbonyl (C=O) groups excluding carboxylic acids is 2. The molecule has 6 nitrogen and oxygen atoms in total. The Morgan fingerprint density at radius 2 is 2.18 bits per heavy atom. The van der Waals surface area contributed by atoms with Crippen LogP contribution in [0.2, 0.25) is 0 Å². The highest BCUT2D eigenvalue weighted by Crippen LogP contribution is 2.26. The number of carbonyl (C=O) groups is 2. The fourth-order valence-corrected chi connectivity index (χ4v) is 2.72. The molecule has 0 saturated heterocycles. The molecule has 0 aliphatic carbocycles. The van der Waals surface area contributed by atoms with Crippen molar-refractivity contribution in [2.24, 2.45) is 0 Å². The second kappa shape index (κ2) is 6.01. The van der Waals surface area contributed by atoms with Crippen molar-refractivity contribution in [2.75, 3.05) is 18.0 Å². The van der Waals surface area contributed by atoms with E-state index in [4.69, 9.17) is 0 Å². The van der Waals surface area contributed by atoms with E-state index in [0.29, 0.717) is 17.8 Å². The van der Waals surface area contributed by atoms with E-state index in [1.807, 2.05) is 24.3 Å². The lowest BCUT2D eigenvalue weighted by Gasteiger charge is -2.29. The van der Waals surface area contributed by atoms with Crippen LogP contribution < -0.4 is 10.2 Å². The van der Waals surface area contributed by atoms with Crippen LogP contribution in [-0.4, -0.2) is 35.1 Å². The van der Waals surface area contributed by atoms with E-state index in [2.05, 4.69) is 15.5 Å². The molecule has 1 aliphatic heterocycles. The van der Waals surface area contributed by atoms with Gasteiger partial charge in [0.2, 0.25) is 5.91 Å². The summed E-state index contributed by atoms with van der Waals surface area (Å²) in [5.41, 5.74) is 3.28. The smallest absolute Gasteiger partial charge is 0.255 e. The van der Waals surface area contributed by atoms with Gasteiger partial charge in [-0.2, -0.15) is 5.10 Å². The van der Waals surface area contributed by atoms with Crippen molar-refractivity contribution in [1.82, 2.24) is 15.5 Å². The molecule has 2 N–H and O–H groups in total. The molecule has 1 aromatic heterocycles. The molecule has 0 fully saturated rings. The summed E-state index contributed by atoms with van der Waals surface area (Å²) in [6.07, 6.45) is 3.39. The highest BCUT2D eigenvalue weighted by atomic mass is 16.2. The number of hydrogen-bond donors (Lipinski definition) is 2. The number of aryl methyl sites for hydroxylation is 2. The zero-order chi connectivity index (χ0) is 15.5. The zero-order valence-corrected chi connectivity index (χ0v) is 12.4. The predicted octanol–water partition coefficient (Wildman–Crippen LogP) is 1.43. The summed E-state index contributed by atoms with van der Waals surface area (Å²) in [4.78, 5) is 26.2. The molecule has 0 bridgehead atoms. The van der Waals surface area contributed by atoms with Gasteiger partial charge in [0.05, 0.1) is 18.3 Å². The summed E-state index contributed by atoms with van der Waals surface area (Å²) < 4.78 is 0. The Morgan fingerprint density at radius 1 is 1.36 bits per heavy atom. The van der Waals surface area contributed by atoms with Gasteiger partial charge in [0, 0.05) is 17.9 Å². The van der Waals surface area contributed by atoms with Crippen LogP contribution in [0.4, 0.5) is 5.69 Å². The molecule has 0 spiro atoms. The van der Waals surface area contributed by atoms with Crippen LogP contribution in [0.1, 0.15) is 28.0 Å². The molecule has 0 saturated carbocycles. The van der Waals surface area contributed by atoms with Crippen LogP contribution in [0.25, 0.3) is 0 Å². The number of nitrogens with one attached hydrogen (secondary N) is 2. The Kier molecular flexibility index (Phi) is 3.91. The van der Waals surface area contributed by atoms with Gasteiger partial charge >= 0.3 is 0 Å². The van der Waals surface area contributed by atoms with Crippen LogP contribution in [-0.2, 0) is 11.2 Å². The largest absolute Gasteiger partial charge is 0.343 e. The van der Waals surface area contributed by atoms with E-state index in [1.165, 1.54) is 11.8 Å². The summed E-state index contributed by atoms with van der Waals surface area (Å²) in [5, 5.41) is 9.18. The zero-order valence-electron chi connectivity index (χ0n) is 12.4. The maximum Gasteiger partial charge on any atom is 0.255 e. The molecule has 3 rings (SSSR count). The number of fused-ring (bicyclic) bond motifs is 1. The number of hydrogen-bond acceptors (Lipinski definition) is 3. The van der Waals surface area contributed by atoms with Gasteiger partial charge in [0.25, 0.3) is 5.91 Å². The van der Waals surface area contributed by atoms with Crippen molar-refractivity contribution in [3.8, 4) is 0 Å². The Morgan fingerprint density at radius 3 is 2.95 bits per heavy atom. The number of nitrogens with zero attached hydrogens (tertiary/aromatic N) is 2. The van der Waals surface area contributed by atoms with Crippen molar-refractivity contribution in [1.29, 1.82) is 0 Å². The normalized spacial score (nSPS) is 13.6. The summed E-state index contributed by atoms with van der Waals surface area (Å²) in [6, 6.07) is 7.91. The molecule has 6 heteroatoms. The number of benzene rings is 1. The lowest BCUT2D eigenvalue weighted by Crippen LogP contribution is -2.42. The van der Waals surface area contributed by atoms with Gasteiger partial charge in [-0.05, 0) is 31.4 Å². The molecule has 2 heterocycles. The van der Waals surface area contributed by atoms with Gasteiger partial charge in [-0.3, -0.25) is 14.7 Å². The lowest BCUT2D eigenvalue weighted by molar-refractivity contribution is -0.117. The first-order valence-corrected chi connectivity index (χ1v) is 7.33. The number of H-pyrrole nitrogens is 1. The van der Waals surface area contributed by atoms with E-state index in [-0.39, 0.29) is 18.4 Å². The Labute approximate surface area is 128 Å². The van der Waals surface area contributed by atoms with Crippen molar-refractivity contribution in [2.45, 2.75) is 19.8 Å². The molecular formula is C16H18N4O2. The highest BCUT2D eigenvalue weighted by Gasteiger charge is 2.22. The Balaban J connectivity index is 1.66. The topological polar surface area (TPSA) is 78.1 Å². The van der Waals surface area contributed by atoms with Gasteiger partial charge in [0.15, 0.2) is 0 Å². The minimum atomic E-state index is -0.287. The molecule has 0 atom stereocenters. The van der Waals surface area contributed by atoms with Crippen LogP contribution in [0.3, 0.4) is 0 Å². The second-order valence-corrected chi connectivity index (χ2v) is 5.37. The van der Waals surface area contributed by atoms with Crippen LogP contribution >= 0.6 is 0 Å². The fourth-order valence-electron chi connectivity index (χ4n) is 2.72. The summed E-state index contributed by atoms with van der Waals surface area (Å²) >= 11 is 0. The molecule has 0 unspecified atom stereocenters. The van der Waals surface area contributed by atoms with Crippen molar-refractivity contribution < 1.29 is 9.59 Å². The Hall–Kier alpha value is -2.63. The van der Waals surface area contributed by atoms with Gasteiger partial charge in [-0.15, -0.1) is 0 Å². The maximum absolute atomic E-state index is 12.4. The summed E-state index contributed by atoms with van der Waals surface area (Å²) in [5.74, 6) is -0.383. The minimum absolute atomic E-state index is 0.0161. The second-order valence-electron chi connectivity index (χ2n) is 5.37. The SMILES string of the molecule is Cc1[nH]ncc1C(=O)NCC(=O)N1CCCc2ccccc21. The van der Waals surface area contributed by atoms with E-state index < -0.39 is 0 Å². The fraction of sp³-hybridized carbons (Fsp3) is 0.312. The third-order valence-corrected chi connectivity index (χ3v) is 3.89. The molecule has 2 aromatic rings. The first-order valence-electron chi connectivity index (χ1n) is 7.33. The van der Waals surface area contributed by atoms with E-state index in [1.54, 1.807) is 11.8 Å². The highest BCUT2D eigenvalue weighted by molar-refractivity contribution is 6.01. The van der Waals surface area contributed by atoms with Gasteiger partial charge in [-0.25, -0.2) is 0 Å². The van der Waals surface area contributed by atoms with Crippen molar-refractivity contribution in [3.05, 3.63) is 47.3 Å². The minimum Gasteiger partial charge on any atom is -0.343 e. The number of aromatic amines is 1. The quantitative estimate of drug-likeness (QED) is 0.899. The van der Waals surface area contributed by atoms with E-state index in [9.17, 15) is 9.59 Å². The van der Waals surface area contributed by atoms with Gasteiger partial charge in [0.1, 0.15) is 0 Å². The monoisotopic (exact) mass is 298 g/mol. The number of rotatable bonds is 3. The molecule has 1 aliphatic rings. The average molecular weight is 298 g/mol. The van der Waals surface area contributed by atoms with Gasteiger partial charge < -0.3 is 10.2 Å². The first kappa shape index (κ1) is 14.3.